The minimum Gasteiger partial charge on any atom is -0.443 e. The lowest BCUT2D eigenvalue weighted by atomic mass is 9.94. The lowest BCUT2D eigenvalue weighted by molar-refractivity contribution is 0.215. The van der Waals surface area contributed by atoms with Crippen molar-refractivity contribution in [1.29, 1.82) is 0 Å². The number of hydrogen-bond donors (Lipinski definition) is 2. The Balaban J connectivity index is 0.00000450. The number of oxazole rings is 1. The van der Waals surface area contributed by atoms with Gasteiger partial charge in [-0.2, -0.15) is 0 Å². The molecule has 1 aromatic heterocycles. The van der Waals surface area contributed by atoms with Gasteiger partial charge in [0.25, 0.3) is 0 Å². The van der Waals surface area contributed by atoms with Crippen molar-refractivity contribution in [2.45, 2.75) is 59.0 Å². The summed E-state index contributed by atoms with van der Waals surface area (Å²) in [6.45, 7) is 14.1. The van der Waals surface area contributed by atoms with Gasteiger partial charge in [-0.1, -0.05) is 65.0 Å². The number of nitrogens with one attached hydrogen (secondary N) is 2. The molecule has 2 aromatic rings. The summed E-state index contributed by atoms with van der Waals surface area (Å²) in [5.74, 6) is 2.31. The molecule has 0 bridgehead atoms. The van der Waals surface area contributed by atoms with Crippen LogP contribution in [0.4, 0.5) is 0 Å². The Bertz CT molecular complexity index is 750. The van der Waals surface area contributed by atoms with Gasteiger partial charge in [0.15, 0.2) is 5.96 Å². The molecule has 1 heterocycles. The van der Waals surface area contributed by atoms with Gasteiger partial charge in [0.2, 0.25) is 5.89 Å². The SMILES string of the molecule is CCN(CC)C(CNC(=NC)NCc1ncc(C(C)(C)C)o1)Cc1ccccc1.I. The van der Waals surface area contributed by atoms with Crippen molar-refractivity contribution >= 4 is 29.9 Å². The van der Waals surface area contributed by atoms with Gasteiger partial charge in [-0.3, -0.25) is 9.89 Å². The molecule has 0 radical (unpaired) electrons. The predicted octanol–water partition coefficient (Wildman–Crippen LogP) is 4.21. The Morgan fingerprint density at radius 3 is 2.33 bits per heavy atom. The van der Waals surface area contributed by atoms with Crippen LogP contribution in [0.2, 0.25) is 0 Å². The number of halogens is 1. The first kappa shape index (κ1) is 26.4. The minimum absolute atomic E-state index is 0. The van der Waals surface area contributed by atoms with E-state index in [0.717, 1.165) is 37.8 Å². The van der Waals surface area contributed by atoms with Gasteiger partial charge in [0, 0.05) is 25.0 Å². The van der Waals surface area contributed by atoms with Crippen molar-refractivity contribution in [3.05, 3.63) is 53.7 Å². The summed E-state index contributed by atoms with van der Waals surface area (Å²) in [6.07, 6.45) is 2.81. The summed E-state index contributed by atoms with van der Waals surface area (Å²) in [5.41, 5.74) is 1.31. The zero-order chi connectivity index (χ0) is 21.3. The van der Waals surface area contributed by atoms with Crippen LogP contribution in [0, 0.1) is 0 Å². The van der Waals surface area contributed by atoms with Gasteiger partial charge in [-0.15, -0.1) is 24.0 Å². The van der Waals surface area contributed by atoms with E-state index < -0.39 is 0 Å². The monoisotopic (exact) mass is 527 g/mol. The largest absolute Gasteiger partial charge is 0.443 e. The van der Waals surface area contributed by atoms with Crippen LogP contribution in [0.3, 0.4) is 0 Å². The van der Waals surface area contributed by atoms with Gasteiger partial charge >= 0.3 is 0 Å². The zero-order valence-corrected chi connectivity index (χ0v) is 21.6. The molecule has 2 N–H and O–H groups in total. The first-order chi connectivity index (χ1) is 13.9. The molecule has 0 saturated heterocycles. The van der Waals surface area contributed by atoms with Crippen molar-refractivity contribution < 1.29 is 4.42 Å². The van der Waals surface area contributed by atoms with E-state index in [0.29, 0.717) is 18.5 Å². The van der Waals surface area contributed by atoms with E-state index in [2.05, 4.69) is 90.5 Å². The highest BCUT2D eigenvalue weighted by Gasteiger charge is 2.20. The molecule has 0 spiro atoms. The summed E-state index contributed by atoms with van der Waals surface area (Å²) in [6, 6.07) is 11.0. The molecule has 0 aliphatic heterocycles. The molecule has 1 atom stereocenters. The summed E-state index contributed by atoms with van der Waals surface area (Å²) in [4.78, 5) is 11.2. The highest BCUT2D eigenvalue weighted by atomic mass is 127. The number of benzene rings is 1. The molecule has 7 heteroatoms. The first-order valence-electron chi connectivity index (χ1n) is 10.5. The normalized spacial score (nSPS) is 13.1. The molecular weight excluding hydrogens is 489 g/mol. The topological polar surface area (TPSA) is 65.7 Å². The van der Waals surface area contributed by atoms with E-state index in [1.54, 1.807) is 7.05 Å². The van der Waals surface area contributed by atoms with Crippen molar-refractivity contribution in [2.75, 3.05) is 26.7 Å². The van der Waals surface area contributed by atoms with Crippen LogP contribution in [-0.2, 0) is 18.4 Å². The second-order valence-electron chi connectivity index (χ2n) is 8.24. The Hall–Kier alpha value is -1.61. The molecule has 1 unspecified atom stereocenters. The van der Waals surface area contributed by atoms with Crippen LogP contribution < -0.4 is 10.6 Å². The van der Waals surface area contributed by atoms with Crippen molar-refractivity contribution in [2.24, 2.45) is 4.99 Å². The van der Waals surface area contributed by atoms with Crippen molar-refractivity contribution in [3.8, 4) is 0 Å². The molecule has 0 aliphatic rings. The fraction of sp³-hybridized carbons (Fsp3) is 0.565. The fourth-order valence-electron chi connectivity index (χ4n) is 3.29. The third-order valence-electron chi connectivity index (χ3n) is 5.07. The smallest absolute Gasteiger partial charge is 0.213 e. The second kappa shape index (κ2) is 12.9. The van der Waals surface area contributed by atoms with Crippen LogP contribution >= 0.6 is 24.0 Å². The molecule has 6 nitrogen and oxygen atoms in total. The zero-order valence-electron chi connectivity index (χ0n) is 19.2. The van der Waals surface area contributed by atoms with E-state index in [4.69, 9.17) is 4.42 Å². The molecular formula is C23H38IN5O. The van der Waals surface area contributed by atoms with Crippen LogP contribution in [0.5, 0.6) is 0 Å². The highest BCUT2D eigenvalue weighted by Crippen LogP contribution is 2.22. The number of guanidine groups is 1. The van der Waals surface area contributed by atoms with E-state index in [9.17, 15) is 0 Å². The standard InChI is InChI=1S/C23H37N5O.HI/c1-7-28(8-2)19(14-18-12-10-9-11-13-18)15-26-22(24-6)27-17-21-25-16-20(29-21)23(3,4)5;/h9-13,16,19H,7-8,14-15,17H2,1-6H3,(H2,24,26,27);1H. The highest BCUT2D eigenvalue weighted by molar-refractivity contribution is 14.0. The van der Waals surface area contributed by atoms with Crippen molar-refractivity contribution in [1.82, 2.24) is 20.5 Å². The molecule has 1 aromatic carbocycles. The van der Waals surface area contributed by atoms with Crippen LogP contribution in [0.25, 0.3) is 0 Å². The first-order valence-corrected chi connectivity index (χ1v) is 10.5. The summed E-state index contributed by atoms with van der Waals surface area (Å²) in [7, 11) is 1.79. The lowest BCUT2D eigenvalue weighted by Crippen LogP contribution is -2.48. The Kier molecular flexibility index (Phi) is 11.4. The number of aromatic nitrogens is 1. The third-order valence-corrected chi connectivity index (χ3v) is 5.07. The number of likely N-dealkylation sites (N-methyl/N-ethyl adjacent to an activating group) is 1. The van der Waals surface area contributed by atoms with Crippen LogP contribution in [-0.4, -0.2) is 48.6 Å². The molecule has 30 heavy (non-hydrogen) atoms. The molecule has 0 saturated carbocycles. The average molecular weight is 527 g/mol. The van der Waals surface area contributed by atoms with E-state index in [-0.39, 0.29) is 29.4 Å². The van der Waals surface area contributed by atoms with Gasteiger partial charge in [0.1, 0.15) is 5.76 Å². The van der Waals surface area contributed by atoms with E-state index in [1.807, 2.05) is 6.20 Å². The summed E-state index contributed by atoms with van der Waals surface area (Å²) >= 11 is 0. The molecule has 0 aliphatic carbocycles. The number of hydrogen-bond acceptors (Lipinski definition) is 4. The average Bonchev–Trinajstić information content (AvgIpc) is 3.19. The maximum atomic E-state index is 5.86. The number of rotatable bonds is 9. The van der Waals surface area contributed by atoms with Gasteiger partial charge in [0.05, 0.1) is 12.7 Å². The fourth-order valence-corrected chi connectivity index (χ4v) is 3.29. The second-order valence-corrected chi connectivity index (χ2v) is 8.24. The molecule has 0 fully saturated rings. The maximum absolute atomic E-state index is 5.86. The molecule has 0 amide bonds. The molecule has 168 valence electrons. The predicted molar refractivity (Wildman–Crippen MR) is 136 cm³/mol. The minimum atomic E-state index is -0.0421. The van der Waals surface area contributed by atoms with Gasteiger partial charge < -0.3 is 15.1 Å². The summed E-state index contributed by atoms with van der Waals surface area (Å²) in [5, 5.41) is 6.78. The Morgan fingerprint density at radius 1 is 1.13 bits per heavy atom. The van der Waals surface area contributed by atoms with E-state index in [1.165, 1.54) is 5.56 Å². The summed E-state index contributed by atoms with van der Waals surface area (Å²) < 4.78 is 5.86. The quantitative estimate of drug-likeness (QED) is 0.291. The molecule has 2 rings (SSSR count). The van der Waals surface area contributed by atoms with Crippen LogP contribution in [0.15, 0.2) is 45.9 Å². The van der Waals surface area contributed by atoms with E-state index >= 15 is 0 Å². The number of aliphatic imine (C=N–C) groups is 1. The number of nitrogens with zero attached hydrogens (tertiary/aromatic N) is 3. The van der Waals surface area contributed by atoms with Crippen LogP contribution in [0.1, 0.15) is 51.8 Å². The Morgan fingerprint density at radius 2 is 1.80 bits per heavy atom. The maximum Gasteiger partial charge on any atom is 0.213 e. The Labute approximate surface area is 199 Å². The van der Waals surface area contributed by atoms with Gasteiger partial charge in [-0.25, -0.2) is 4.98 Å². The van der Waals surface area contributed by atoms with Gasteiger partial charge in [-0.05, 0) is 25.1 Å². The lowest BCUT2D eigenvalue weighted by Gasteiger charge is -2.30. The van der Waals surface area contributed by atoms with Crippen molar-refractivity contribution in [3.63, 3.8) is 0 Å². The third kappa shape index (κ3) is 8.26.